The Kier molecular flexibility index (Phi) is 11.1. The van der Waals surface area contributed by atoms with Gasteiger partial charge in [-0.05, 0) is 94.4 Å². The van der Waals surface area contributed by atoms with Gasteiger partial charge in [0.15, 0.2) is 0 Å². The summed E-state index contributed by atoms with van der Waals surface area (Å²) in [5, 5.41) is 11.5. The van der Waals surface area contributed by atoms with Gasteiger partial charge in [0.1, 0.15) is 11.6 Å². The first-order valence-electron chi connectivity index (χ1n) is 24.8. The van der Waals surface area contributed by atoms with Gasteiger partial charge in [-0.3, -0.25) is 9.55 Å². The van der Waals surface area contributed by atoms with E-state index in [-0.39, 0.29) is 38.7 Å². The maximum Gasteiger partial charge on any atom is 0.148 e. The molecule has 0 atom stereocenters. The number of fused-ring (bicyclic) bond motifs is 1. The van der Waals surface area contributed by atoms with Gasteiger partial charge in [0, 0.05) is 44.0 Å². The van der Waals surface area contributed by atoms with Crippen LogP contribution in [0.5, 0.6) is 5.75 Å². The molecule has 2 aromatic heterocycles. The third-order valence-electron chi connectivity index (χ3n) is 13.1. The van der Waals surface area contributed by atoms with Crippen molar-refractivity contribution in [1.29, 1.82) is 0 Å². The minimum absolute atomic E-state index is 0. The first-order valence-corrected chi connectivity index (χ1v) is 22.8. The quantitative estimate of drug-likeness (QED) is 0.131. The molecule has 0 saturated heterocycles. The Morgan fingerprint density at radius 1 is 0.538 bits per heavy atom. The molecule has 5 heteroatoms. The summed E-state index contributed by atoms with van der Waals surface area (Å²) in [5.74, 6) is 0.680. The Balaban J connectivity index is 0.00000553. The normalized spacial score (nSPS) is 15.6. The summed E-state index contributed by atoms with van der Waals surface area (Å²) in [4.78, 5) is 10.3. The van der Waals surface area contributed by atoms with Gasteiger partial charge in [0.2, 0.25) is 0 Å². The summed E-state index contributed by atoms with van der Waals surface area (Å²) in [6.45, 7) is 0. The predicted octanol–water partition coefficient (Wildman–Crippen LogP) is 15.4. The van der Waals surface area contributed by atoms with Crippen LogP contribution in [0.3, 0.4) is 0 Å². The topological polar surface area (TPSA) is 50.9 Å². The average Bonchev–Trinajstić information content (AvgIpc) is 4.21. The van der Waals surface area contributed by atoms with Crippen molar-refractivity contribution in [3.63, 3.8) is 0 Å². The van der Waals surface area contributed by atoms with Gasteiger partial charge < -0.3 is 5.11 Å². The number of hydrogen-bond acceptors (Lipinski definition) is 3. The fourth-order valence-electron chi connectivity index (χ4n) is 9.85. The summed E-state index contributed by atoms with van der Waals surface area (Å²) in [5.41, 5.74) is 13.4. The van der Waals surface area contributed by atoms with Gasteiger partial charge in [-0.25, -0.2) is 4.98 Å². The van der Waals surface area contributed by atoms with E-state index in [4.69, 9.17) is 12.7 Å². The molecule has 11 rings (SSSR count). The van der Waals surface area contributed by atoms with Crippen molar-refractivity contribution in [2.75, 3.05) is 0 Å². The van der Waals surface area contributed by atoms with E-state index in [1.807, 2.05) is 115 Å². The van der Waals surface area contributed by atoms with Crippen molar-refractivity contribution in [2.45, 2.75) is 64.1 Å². The second-order valence-corrected chi connectivity index (χ2v) is 17.4. The van der Waals surface area contributed by atoms with Crippen molar-refractivity contribution in [3.8, 4) is 78.6 Å². The van der Waals surface area contributed by atoms with Crippen LogP contribution >= 0.6 is 0 Å². The van der Waals surface area contributed by atoms with E-state index in [9.17, 15) is 7.85 Å². The number of rotatable bonds is 11. The van der Waals surface area contributed by atoms with Crippen molar-refractivity contribution in [2.24, 2.45) is 11.8 Å². The van der Waals surface area contributed by atoms with Crippen LogP contribution in [0, 0.1) is 17.9 Å². The largest absolute Gasteiger partial charge is 0.507 e. The molecule has 2 saturated carbocycles. The number of hydrogen-bond donors (Lipinski definition) is 1. The van der Waals surface area contributed by atoms with Crippen LogP contribution in [0.2, 0.25) is 0 Å². The van der Waals surface area contributed by atoms with Crippen molar-refractivity contribution >= 4 is 11.0 Å². The number of pyridine rings is 1. The molecule has 324 valence electrons. The van der Waals surface area contributed by atoms with Crippen molar-refractivity contribution < 1.29 is 31.7 Å². The zero-order valence-corrected chi connectivity index (χ0v) is 38.4. The summed E-state index contributed by atoms with van der Waals surface area (Å²) in [6.07, 6.45) is 6.88. The van der Waals surface area contributed by atoms with Gasteiger partial charge in [0.05, 0.1) is 22.3 Å². The zero-order chi connectivity index (χ0) is 46.4. The summed E-state index contributed by atoms with van der Waals surface area (Å²) < 4.78 is 38.8. The smallest absolute Gasteiger partial charge is 0.148 e. The van der Waals surface area contributed by atoms with Crippen LogP contribution in [0.4, 0.5) is 0 Å². The van der Waals surface area contributed by atoms with Crippen LogP contribution < -0.4 is 0 Å². The number of phenolic OH excluding ortho intramolecular Hbond substituents is 1. The van der Waals surface area contributed by atoms with E-state index in [0.29, 0.717) is 17.0 Å². The molecule has 4 nitrogen and oxygen atoms in total. The zero-order valence-electron chi connectivity index (χ0n) is 40.2. The molecule has 2 aliphatic rings. The minimum Gasteiger partial charge on any atom is -0.507 e. The van der Waals surface area contributed by atoms with E-state index in [0.717, 1.165) is 129 Å². The van der Waals surface area contributed by atoms with Crippen molar-refractivity contribution in [3.05, 3.63) is 193 Å². The molecule has 0 spiro atoms. The molecule has 1 N–H and O–H groups in total. The number of para-hydroxylation sites is 2. The Morgan fingerprint density at radius 3 is 1.88 bits per heavy atom. The number of benzene rings is 7. The third-order valence-corrected chi connectivity index (χ3v) is 13.1. The minimum atomic E-state index is -1.49. The van der Waals surface area contributed by atoms with Gasteiger partial charge in [-0.15, -0.1) is 23.8 Å². The van der Waals surface area contributed by atoms with E-state index < -0.39 is 12.7 Å². The van der Waals surface area contributed by atoms with E-state index in [1.165, 1.54) is 0 Å². The van der Waals surface area contributed by atoms with Crippen LogP contribution in [0.25, 0.3) is 83.9 Å². The predicted molar refractivity (Wildman–Crippen MR) is 263 cm³/mol. The first kappa shape index (κ1) is 38.0. The van der Waals surface area contributed by atoms with Crippen LogP contribution in [0.15, 0.2) is 176 Å². The molecule has 65 heavy (non-hydrogen) atoms. The molecule has 9 aromatic rings. The molecular weight excluding hydrogens is 974 g/mol. The number of aromatic nitrogens is 3. The molecule has 2 fully saturated rings. The van der Waals surface area contributed by atoms with Crippen LogP contribution in [0.1, 0.15) is 68.0 Å². The summed E-state index contributed by atoms with van der Waals surface area (Å²) in [6, 6.07) is 60.0. The molecule has 0 radical (unpaired) electrons. The van der Waals surface area contributed by atoms with E-state index in [2.05, 4.69) is 65.2 Å². The van der Waals surface area contributed by atoms with Crippen LogP contribution in [-0.4, -0.2) is 19.6 Å². The molecule has 2 heterocycles. The Morgan fingerprint density at radius 2 is 1.15 bits per heavy atom. The maximum absolute atomic E-state index is 11.5. The average molecular weight is 1030 g/mol. The molecule has 0 unspecified atom stereocenters. The molecule has 2 aliphatic carbocycles. The first-order chi connectivity index (χ1) is 33.1. The molecule has 0 aliphatic heterocycles. The van der Waals surface area contributed by atoms with E-state index >= 15 is 0 Å². The van der Waals surface area contributed by atoms with Gasteiger partial charge in [-0.2, -0.15) is 0 Å². The summed E-state index contributed by atoms with van der Waals surface area (Å²) >= 11 is 0. The fraction of sp³-hybridized carbons (Fsp3) is 0.200. The van der Waals surface area contributed by atoms with Gasteiger partial charge in [0.25, 0.3) is 0 Å². The number of nitrogens with zero attached hydrogens (tertiary/aromatic N) is 3. The monoisotopic (exact) mass is 1030 g/mol. The SMILES string of the molecule is [2H]C([2H])(c1ccc(-c2ccnc(-c3[c-]c(-c4cccc5c4nc(-c4ccccc4O)n5-c4ccc(C([2H])([2H])C5CCCC5)cc4-c4ccccc4)cc(-c4ccccc4)c3)c2)cc1)C1CCCC1.[Pt]. The molecule has 0 bridgehead atoms. The second-order valence-electron chi connectivity index (χ2n) is 17.4. The van der Waals surface area contributed by atoms with Crippen molar-refractivity contribution in [1.82, 2.24) is 14.5 Å². The maximum atomic E-state index is 11.5. The number of phenols is 1. The Labute approximate surface area is 403 Å². The number of imidazole rings is 1. The molecule has 7 aromatic carbocycles. The molecule has 0 amide bonds. The Hall–Kier alpha value is -6.35. The standard InChI is InChI=1S/C60H52N3O.Pt/c64-58-25-12-11-22-53(58)60-62-59-52(23-13-24-57(59)63(60)56-31-28-44(35-42-16-9-10-17-42)36-54(56)47-20-5-2-6-21-47)50-37-49(45-18-3-1-4-19-45)38-51(39-50)55-40-48(32-33-61-55)46-29-26-43(27-30-46)34-41-14-7-8-15-41;/h1-6,11-13,18-33,36-38,40-42,64H,7-10,14-17,34-35H2;/q-1;/i34D2,35D2;. The Bertz CT molecular complexity index is 3270. The second kappa shape index (κ2) is 19.0. The van der Waals surface area contributed by atoms with E-state index in [1.54, 1.807) is 6.07 Å². The van der Waals surface area contributed by atoms with Crippen LogP contribution in [-0.2, 0) is 33.8 Å². The third kappa shape index (κ3) is 8.90. The molecular formula is C60H52N3OPt-. The fourth-order valence-corrected chi connectivity index (χ4v) is 9.85. The summed E-state index contributed by atoms with van der Waals surface area (Å²) in [7, 11) is 0. The van der Waals surface area contributed by atoms with Gasteiger partial charge in [-0.1, -0.05) is 189 Å². The number of aromatic hydroxyl groups is 1. The van der Waals surface area contributed by atoms with Gasteiger partial charge >= 0.3 is 0 Å².